The van der Waals surface area contributed by atoms with E-state index < -0.39 is 0 Å². The summed E-state index contributed by atoms with van der Waals surface area (Å²) in [4.78, 5) is 19.6. The molecule has 0 saturated heterocycles. The van der Waals surface area contributed by atoms with Crippen LogP contribution in [0.4, 0.5) is 0 Å². The van der Waals surface area contributed by atoms with Gasteiger partial charge in [-0.3, -0.25) is 9.48 Å². The van der Waals surface area contributed by atoms with Gasteiger partial charge in [0.25, 0.3) is 0 Å². The van der Waals surface area contributed by atoms with Gasteiger partial charge in [-0.1, -0.05) is 30.3 Å². The Morgan fingerprint density at radius 2 is 1.92 bits per heavy atom. The van der Waals surface area contributed by atoms with Gasteiger partial charge < -0.3 is 9.47 Å². The van der Waals surface area contributed by atoms with E-state index in [1.54, 1.807) is 4.68 Å². The minimum atomic E-state index is 0.000986. The van der Waals surface area contributed by atoms with Gasteiger partial charge in [-0.15, -0.1) is 0 Å². The zero-order valence-corrected chi connectivity index (χ0v) is 15.4. The molecule has 3 heterocycles. The third-order valence-electron chi connectivity index (χ3n) is 5.07. The van der Waals surface area contributed by atoms with E-state index in [-0.39, 0.29) is 18.5 Å². The summed E-state index contributed by atoms with van der Waals surface area (Å²) < 4.78 is 4.00. The van der Waals surface area contributed by atoms with Crippen molar-refractivity contribution in [2.75, 3.05) is 0 Å². The lowest BCUT2D eigenvalue weighted by molar-refractivity contribution is -0.136. The molecule has 0 unspecified atom stereocenters. The van der Waals surface area contributed by atoms with E-state index in [4.69, 9.17) is 0 Å². The molecule has 0 N–H and O–H groups in total. The third kappa shape index (κ3) is 2.92. The van der Waals surface area contributed by atoms with Gasteiger partial charge in [0.2, 0.25) is 5.91 Å². The lowest BCUT2D eigenvalue weighted by atomic mass is 10.0. The van der Waals surface area contributed by atoms with Gasteiger partial charge in [0.1, 0.15) is 12.4 Å². The van der Waals surface area contributed by atoms with Crippen LogP contribution in [0, 0.1) is 20.8 Å². The molecule has 1 atom stereocenters. The summed E-state index contributed by atoms with van der Waals surface area (Å²) in [6.07, 6.45) is 1.88. The lowest BCUT2D eigenvalue weighted by Crippen LogP contribution is -2.43. The van der Waals surface area contributed by atoms with E-state index in [1.165, 1.54) is 0 Å². The Morgan fingerprint density at radius 1 is 1.15 bits per heavy atom. The molecule has 0 bridgehead atoms. The number of hydrogen-bond donors (Lipinski definition) is 0. The normalized spacial score (nSPS) is 16.6. The van der Waals surface area contributed by atoms with Gasteiger partial charge in [-0.2, -0.15) is 5.10 Å². The SMILES string of the molecule is Cc1cc(C)n(CC(=O)N2Cc3ncc(C)n3C[C@@H]2c2ccccc2)n1. The fourth-order valence-corrected chi connectivity index (χ4v) is 3.70. The molecule has 0 fully saturated rings. The van der Waals surface area contributed by atoms with Gasteiger partial charge in [0, 0.05) is 24.1 Å². The molecule has 6 nitrogen and oxygen atoms in total. The van der Waals surface area contributed by atoms with E-state index in [2.05, 4.69) is 33.7 Å². The van der Waals surface area contributed by atoms with Crippen LogP contribution in [-0.2, 0) is 24.4 Å². The molecule has 0 radical (unpaired) electrons. The largest absolute Gasteiger partial charge is 0.328 e. The maximum Gasteiger partial charge on any atom is 0.245 e. The van der Waals surface area contributed by atoms with Crippen LogP contribution in [0.3, 0.4) is 0 Å². The Kier molecular flexibility index (Phi) is 4.11. The minimum Gasteiger partial charge on any atom is -0.328 e. The fourth-order valence-electron chi connectivity index (χ4n) is 3.70. The van der Waals surface area contributed by atoms with E-state index in [0.29, 0.717) is 6.54 Å². The van der Waals surface area contributed by atoms with E-state index in [1.807, 2.05) is 49.2 Å². The standard InChI is InChI=1S/C20H23N5O/c1-14-9-15(2)25(22-14)13-20(26)24-12-19-21-10-16(3)23(19)11-18(24)17-7-5-4-6-8-17/h4-10,18H,11-13H2,1-3H3/t18-/m1/s1. The number of nitrogens with zero attached hydrogens (tertiary/aromatic N) is 5. The summed E-state index contributed by atoms with van der Waals surface area (Å²) in [7, 11) is 0. The molecule has 2 aromatic heterocycles. The quantitative estimate of drug-likeness (QED) is 0.731. The van der Waals surface area contributed by atoms with Gasteiger partial charge in [-0.25, -0.2) is 4.98 Å². The number of benzene rings is 1. The fraction of sp³-hybridized carbons (Fsp3) is 0.350. The van der Waals surface area contributed by atoms with Crippen LogP contribution in [-0.4, -0.2) is 30.1 Å². The first kappa shape index (κ1) is 16.6. The van der Waals surface area contributed by atoms with Crippen molar-refractivity contribution in [1.82, 2.24) is 24.2 Å². The second-order valence-corrected chi connectivity index (χ2v) is 6.96. The van der Waals surface area contributed by atoms with Crippen molar-refractivity contribution in [2.24, 2.45) is 0 Å². The first-order chi connectivity index (χ1) is 12.5. The van der Waals surface area contributed by atoms with E-state index in [9.17, 15) is 4.79 Å². The third-order valence-corrected chi connectivity index (χ3v) is 5.07. The molecular weight excluding hydrogens is 326 g/mol. The maximum absolute atomic E-state index is 13.2. The van der Waals surface area contributed by atoms with Crippen molar-refractivity contribution < 1.29 is 4.79 Å². The summed E-state index contributed by atoms with van der Waals surface area (Å²) in [5, 5.41) is 4.44. The number of amides is 1. The number of aryl methyl sites for hydroxylation is 3. The van der Waals surface area contributed by atoms with Crippen molar-refractivity contribution in [2.45, 2.75) is 46.4 Å². The van der Waals surface area contributed by atoms with Crippen molar-refractivity contribution in [3.8, 4) is 0 Å². The molecule has 1 aliphatic rings. The molecule has 6 heteroatoms. The van der Waals surface area contributed by atoms with Gasteiger partial charge in [0.15, 0.2) is 0 Å². The van der Waals surface area contributed by atoms with Crippen molar-refractivity contribution in [3.63, 3.8) is 0 Å². The molecule has 4 rings (SSSR count). The smallest absolute Gasteiger partial charge is 0.245 e. The maximum atomic E-state index is 13.2. The lowest BCUT2D eigenvalue weighted by Gasteiger charge is -2.37. The number of aromatic nitrogens is 4. The number of carbonyl (C=O) groups is 1. The van der Waals surface area contributed by atoms with Crippen LogP contribution in [0.5, 0.6) is 0 Å². The Bertz CT molecular complexity index is 941. The summed E-state index contributed by atoms with van der Waals surface area (Å²) >= 11 is 0. The van der Waals surface area contributed by atoms with Crippen LogP contribution in [0.15, 0.2) is 42.6 Å². The Morgan fingerprint density at radius 3 is 2.62 bits per heavy atom. The highest BCUT2D eigenvalue weighted by molar-refractivity contribution is 5.76. The average Bonchev–Trinajstić information content (AvgIpc) is 3.16. The first-order valence-electron chi connectivity index (χ1n) is 8.89. The second-order valence-electron chi connectivity index (χ2n) is 6.96. The van der Waals surface area contributed by atoms with Crippen LogP contribution in [0.25, 0.3) is 0 Å². The highest BCUT2D eigenvalue weighted by Crippen LogP contribution is 2.30. The van der Waals surface area contributed by atoms with E-state index >= 15 is 0 Å². The zero-order chi connectivity index (χ0) is 18.3. The molecule has 134 valence electrons. The number of imidazole rings is 1. The minimum absolute atomic E-state index is 0.000986. The molecule has 1 amide bonds. The Balaban J connectivity index is 1.67. The monoisotopic (exact) mass is 349 g/mol. The second kappa shape index (κ2) is 6.44. The summed E-state index contributed by atoms with van der Waals surface area (Å²) in [6.45, 7) is 7.49. The van der Waals surface area contributed by atoms with Crippen molar-refractivity contribution >= 4 is 5.91 Å². The van der Waals surface area contributed by atoms with Crippen LogP contribution >= 0.6 is 0 Å². The molecular formula is C20H23N5O. The Hall–Kier alpha value is -2.89. The topological polar surface area (TPSA) is 56.0 Å². The first-order valence-corrected chi connectivity index (χ1v) is 8.89. The zero-order valence-electron chi connectivity index (χ0n) is 15.4. The summed E-state index contributed by atoms with van der Waals surface area (Å²) in [5.74, 6) is 1.01. The molecule has 1 aliphatic heterocycles. The molecule has 0 spiro atoms. The predicted octanol–water partition coefficient (Wildman–Crippen LogP) is 2.79. The molecule has 1 aromatic carbocycles. The van der Waals surface area contributed by atoms with Gasteiger partial charge in [-0.05, 0) is 32.4 Å². The molecule has 0 aliphatic carbocycles. The Labute approximate surface area is 153 Å². The van der Waals surface area contributed by atoms with E-state index in [0.717, 1.165) is 35.0 Å². The van der Waals surface area contributed by atoms with Crippen molar-refractivity contribution in [3.05, 3.63) is 71.1 Å². The molecule has 3 aromatic rings. The van der Waals surface area contributed by atoms with Crippen LogP contribution in [0.1, 0.15) is 34.5 Å². The average molecular weight is 349 g/mol. The van der Waals surface area contributed by atoms with Gasteiger partial charge >= 0.3 is 0 Å². The number of rotatable bonds is 3. The molecule has 0 saturated carbocycles. The molecule has 26 heavy (non-hydrogen) atoms. The highest BCUT2D eigenvalue weighted by atomic mass is 16.2. The highest BCUT2D eigenvalue weighted by Gasteiger charge is 2.32. The number of fused-ring (bicyclic) bond motifs is 1. The van der Waals surface area contributed by atoms with Crippen LogP contribution in [0.2, 0.25) is 0 Å². The summed E-state index contributed by atoms with van der Waals surface area (Å²) in [6, 6.07) is 12.2. The van der Waals surface area contributed by atoms with Crippen molar-refractivity contribution in [1.29, 1.82) is 0 Å². The predicted molar refractivity (Wildman–Crippen MR) is 98.4 cm³/mol. The number of hydrogen-bond acceptors (Lipinski definition) is 3. The number of carbonyl (C=O) groups excluding carboxylic acids is 1. The van der Waals surface area contributed by atoms with Crippen LogP contribution < -0.4 is 0 Å². The summed E-state index contributed by atoms with van der Waals surface area (Å²) in [5.41, 5.74) is 4.21. The van der Waals surface area contributed by atoms with Gasteiger partial charge in [0.05, 0.1) is 18.3 Å².